The molecule has 0 saturated carbocycles. The van der Waals surface area contributed by atoms with Crippen LogP contribution in [0.2, 0.25) is 0 Å². The molecule has 1 aliphatic rings. The number of urea groups is 1. The third kappa shape index (κ3) is 6.14. The van der Waals surface area contributed by atoms with Crippen molar-refractivity contribution in [3.63, 3.8) is 0 Å². The number of nitrogens with zero attached hydrogens (tertiary/aromatic N) is 2. The van der Waals surface area contributed by atoms with Gasteiger partial charge in [0.05, 0.1) is 5.69 Å². The average Bonchev–Trinajstić information content (AvgIpc) is 2.86. The molecule has 176 valence electrons. The SMILES string of the molecule is O=C(Nc1ccc(Br)cc1)NC(Cc1ccccc1)C(=O)N1CCN(c2ccccc2F)CC1. The van der Waals surface area contributed by atoms with Gasteiger partial charge in [0, 0.05) is 42.8 Å². The van der Waals surface area contributed by atoms with Crippen LogP contribution < -0.4 is 15.5 Å². The van der Waals surface area contributed by atoms with Gasteiger partial charge in [0.1, 0.15) is 11.9 Å². The summed E-state index contributed by atoms with van der Waals surface area (Å²) < 4.78 is 15.1. The summed E-state index contributed by atoms with van der Waals surface area (Å²) in [5.41, 5.74) is 2.13. The van der Waals surface area contributed by atoms with Crippen molar-refractivity contribution < 1.29 is 14.0 Å². The highest BCUT2D eigenvalue weighted by molar-refractivity contribution is 9.10. The summed E-state index contributed by atoms with van der Waals surface area (Å²) in [5, 5.41) is 5.64. The van der Waals surface area contributed by atoms with Gasteiger partial charge in [0.15, 0.2) is 0 Å². The molecule has 3 amide bonds. The number of halogens is 2. The van der Waals surface area contributed by atoms with Crippen LogP contribution in [-0.2, 0) is 11.2 Å². The zero-order valence-electron chi connectivity index (χ0n) is 18.6. The highest BCUT2D eigenvalue weighted by atomic mass is 79.9. The fourth-order valence-corrected chi connectivity index (χ4v) is 4.27. The molecule has 3 aromatic rings. The molecule has 0 aromatic heterocycles. The lowest BCUT2D eigenvalue weighted by Crippen LogP contribution is -2.56. The van der Waals surface area contributed by atoms with E-state index in [0.717, 1.165) is 10.0 Å². The smallest absolute Gasteiger partial charge is 0.319 e. The maximum absolute atomic E-state index is 14.2. The van der Waals surface area contributed by atoms with Gasteiger partial charge in [0.25, 0.3) is 0 Å². The first-order chi connectivity index (χ1) is 16.5. The minimum Gasteiger partial charge on any atom is -0.366 e. The summed E-state index contributed by atoms with van der Waals surface area (Å²) in [6.45, 7) is 1.95. The summed E-state index contributed by atoms with van der Waals surface area (Å²) in [4.78, 5) is 29.8. The lowest BCUT2D eigenvalue weighted by Gasteiger charge is -2.37. The van der Waals surface area contributed by atoms with Crippen LogP contribution in [0.3, 0.4) is 0 Å². The number of anilines is 2. The number of nitrogens with one attached hydrogen (secondary N) is 2. The first-order valence-electron chi connectivity index (χ1n) is 11.1. The molecule has 1 saturated heterocycles. The second-order valence-corrected chi connectivity index (χ2v) is 9.03. The Kier molecular flexibility index (Phi) is 7.80. The lowest BCUT2D eigenvalue weighted by molar-refractivity contribution is -0.133. The topological polar surface area (TPSA) is 64.7 Å². The molecule has 6 nitrogen and oxygen atoms in total. The van der Waals surface area contributed by atoms with Crippen LogP contribution in [0.1, 0.15) is 5.56 Å². The van der Waals surface area contributed by atoms with Crippen molar-refractivity contribution >= 4 is 39.2 Å². The third-order valence-electron chi connectivity index (χ3n) is 5.77. The molecule has 0 radical (unpaired) electrons. The molecule has 1 unspecified atom stereocenters. The molecule has 1 aliphatic heterocycles. The highest BCUT2D eigenvalue weighted by Gasteiger charge is 2.29. The second-order valence-electron chi connectivity index (χ2n) is 8.11. The van der Waals surface area contributed by atoms with Crippen LogP contribution in [0.5, 0.6) is 0 Å². The van der Waals surface area contributed by atoms with E-state index in [2.05, 4.69) is 26.6 Å². The normalized spacial score (nSPS) is 14.4. The standard InChI is InChI=1S/C26H26BrFN4O2/c27-20-10-12-21(13-11-20)29-26(34)30-23(18-19-6-2-1-3-7-19)25(33)32-16-14-31(15-17-32)24-9-5-4-8-22(24)28/h1-13,23H,14-18H2,(H2,29,30,34). The molecule has 1 atom stereocenters. The molecule has 3 aromatic carbocycles. The summed E-state index contributed by atoms with van der Waals surface area (Å²) in [6, 6.07) is 22.3. The zero-order valence-corrected chi connectivity index (χ0v) is 20.2. The van der Waals surface area contributed by atoms with Gasteiger partial charge in [-0.05, 0) is 42.0 Å². The number of piperazine rings is 1. The Balaban J connectivity index is 1.42. The second kappa shape index (κ2) is 11.2. The van der Waals surface area contributed by atoms with Gasteiger partial charge in [-0.3, -0.25) is 4.79 Å². The Morgan fingerprint density at radius 3 is 2.21 bits per heavy atom. The Hall–Kier alpha value is -3.39. The number of carbonyl (C=O) groups is 2. The highest BCUT2D eigenvalue weighted by Crippen LogP contribution is 2.21. The van der Waals surface area contributed by atoms with E-state index in [9.17, 15) is 14.0 Å². The molecule has 2 N–H and O–H groups in total. The molecule has 4 rings (SSSR count). The monoisotopic (exact) mass is 524 g/mol. The maximum Gasteiger partial charge on any atom is 0.319 e. The first kappa shape index (κ1) is 23.8. The van der Waals surface area contributed by atoms with Crippen molar-refractivity contribution in [2.24, 2.45) is 0 Å². The quantitative estimate of drug-likeness (QED) is 0.492. The Bertz CT molecular complexity index is 1120. The first-order valence-corrected chi connectivity index (χ1v) is 11.9. The molecular formula is C26H26BrFN4O2. The Morgan fingerprint density at radius 2 is 1.53 bits per heavy atom. The van der Waals surface area contributed by atoms with E-state index in [4.69, 9.17) is 0 Å². The summed E-state index contributed by atoms with van der Waals surface area (Å²) in [5.74, 6) is -0.418. The van der Waals surface area contributed by atoms with Crippen molar-refractivity contribution in [1.29, 1.82) is 0 Å². The van der Waals surface area contributed by atoms with E-state index in [-0.39, 0.29) is 11.7 Å². The van der Waals surface area contributed by atoms with Gasteiger partial charge in [-0.25, -0.2) is 9.18 Å². The third-order valence-corrected chi connectivity index (χ3v) is 6.30. The van der Waals surface area contributed by atoms with Crippen molar-refractivity contribution in [2.75, 3.05) is 36.4 Å². The zero-order chi connectivity index (χ0) is 23.9. The van der Waals surface area contributed by atoms with E-state index < -0.39 is 12.1 Å². The van der Waals surface area contributed by atoms with E-state index >= 15 is 0 Å². The number of rotatable bonds is 6. The van der Waals surface area contributed by atoms with Crippen LogP contribution in [-0.4, -0.2) is 49.1 Å². The van der Waals surface area contributed by atoms with Gasteiger partial charge in [-0.1, -0.05) is 58.4 Å². The minimum atomic E-state index is -0.724. The molecule has 0 aliphatic carbocycles. The van der Waals surface area contributed by atoms with Crippen molar-refractivity contribution in [3.8, 4) is 0 Å². The predicted octanol–water partition coefficient (Wildman–Crippen LogP) is 4.67. The number of benzene rings is 3. The van der Waals surface area contributed by atoms with E-state index in [0.29, 0.717) is 44.0 Å². The Labute approximate surface area is 206 Å². The molecule has 1 heterocycles. The number of para-hydroxylation sites is 1. The molecule has 0 bridgehead atoms. The average molecular weight is 525 g/mol. The summed E-state index contributed by atoms with van der Waals surface area (Å²) in [7, 11) is 0. The fourth-order valence-electron chi connectivity index (χ4n) is 4.00. The number of hydrogen-bond acceptors (Lipinski definition) is 3. The van der Waals surface area contributed by atoms with Crippen LogP contribution in [0.15, 0.2) is 83.3 Å². The largest absolute Gasteiger partial charge is 0.366 e. The van der Waals surface area contributed by atoms with Crippen LogP contribution in [0.4, 0.5) is 20.6 Å². The molecule has 0 spiro atoms. The van der Waals surface area contributed by atoms with Gasteiger partial charge in [-0.2, -0.15) is 0 Å². The van der Waals surface area contributed by atoms with E-state index in [1.54, 1.807) is 35.2 Å². The van der Waals surface area contributed by atoms with Gasteiger partial charge in [0.2, 0.25) is 5.91 Å². The fraction of sp³-hybridized carbons (Fsp3) is 0.231. The molecular weight excluding hydrogens is 499 g/mol. The summed E-state index contributed by atoms with van der Waals surface area (Å²) >= 11 is 3.37. The maximum atomic E-state index is 14.2. The van der Waals surface area contributed by atoms with Crippen molar-refractivity contribution in [3.05, 3.63) is 94.7 Å². The molecule has 1 fully saturated rings. The predicted molar refractivity (Wildman–Crippen MR) is 135 cm³/mol. The van der Waals surface area contributed by atoms with Crippen molar-refractivity contribution in [1.82, 2.24) is 10.2 Å². The van der Waals surface area contributed by atoms with E-state index in [1.807, 2.05) is 47.4 Å². The Morgan fingerprint density at radius 1 is 0.882 bits per heavy atom. The molecule has 8 heteroatoms. The summed E-state index contributed by atoms with van der Waals surface area (Å²) in [6.07, 6.45) is 0.376. The molecule has 34 heavy (non-hydrogen) atoms. The number of hydrogen-bond donors (Lipinski definition) is 2. The van der Waals surface area contributed by atoms with Gasteiger partial charge in [-0.15, -0.1) is 0 Å². The van der Waals surface area contributed by atoms with E-state index in [1.165, 1.54) is 6.07 Å². The van der Waals surface area contributed by atoms with Gasteiger partial charge < -0.3 is 20.4 Å². The van der Waals surface area contributed by atoms with Crippen LogP contribution in [0, 0.1) is 5.82 Å². The van der Waals surface area contributed by atoms with Crippen LogP contribution >= 0.6 is 15.9 Å². The minimum absolute atomic E-state index is 0.150. The van der Waals surface area contributed by atoms with Crippen LogP contribution in [0.25, 0.3) is 0 Å². The number of amides is 3. The number of carbonyl (C=O) groups excluding carboxylic acids is 2. The van der Waals surface area contributed by atoms with Gasteiger partial charge >= 0.3 is 6.03 Å². The van der Waals surface area contributed by atoms with Crippen molar-refractivity contribution in [2.45, 2.75) is 12.5 Å². The lowest BCUT2D eigenvalue weighted by atomic mass is 10.0.